The van der Waals surface area contributed by atoms with E-state index in [1.54, 1.807) is 48.2 Å². The lowest BCUT2D eigenvalue weighted by atomic mass is 10.1. The lowest BCUT2D eigenvalue weighted by molar-refractivity contribution is -0.384. The first kappa shape index (κ1) is 17.9. The Hall–Kier alpha value is -2.93. The molecule has 8 heteroatoms. The van der Waals surface area contributed by atoms with Crippen LogP contribution in [0.5, 0.6) is 0 Å². The smallest absolute Gasteiger partial charge is 0.269 e. The minimum atomic E-state index is -0.637. The molecule has 26 heavy (non-hydrogen) atoms. The summed E-state index contributed by atoms with van der Waals surface area (Å²) < 4.78 is 0. The summed E-state index contributed by atoms with van der Waals surface area (Å²) in [6.07, 6.45) is 0. The van der Waals surface area contributed by atoms with Crippen molar-refractivity contribution in [2.24, 2.45) is 0 Å². The molecule has 0 bridgehead atoms. The van der Waals surface area contributed by atoms with Crippen LogP contribution in [0.15, 0.2) is 48.5 Å². The average Bonchev–Trinajstić information content (AvgIpc) is 2.64. The van der Waals surface area contributed by atoms with Gasteiger partial charge < -0.3 is 9.80 Å². The molecule has 1 atom stereocenters. The Labute approximate surface area is 154 Å². The lowest BCUT2D eigenvalue weighted by Crippen LogP contribution is -2.57. The molecule has 1 aliphatic heterocycles. The van der Waals surface area contributed by atoms with Gasteiger partial charge in [-0.3, -0.25) is 19.7 Å². The highest BCUT2D eigenvalue weighted by molar-refractivity contribution is 6.30. The number of non-ortho nitro benzene ring substituents is 1. The third-order valence-electron chi connectivity index (χ3n) is 4.38. The quantitative estimate of drug-likeness (QED) is 0.611. The van der Waals surface area contributed by atoms with Gasteiger partial charge in [0.15, 0.2) is 0 Å². The maximum atomic E-state index is 12.7. The Morgan fingerprint density at radius 1 is 1.12 bits per heavy atom. The van der Waals surface area contributed by atoms with Gasteiger partial charge >= 0.3 is 0 Å². The van der Waals surface area contributed by atoms with Crippen molar-refractivity contribution in [1.82, 2.24) is 4.90 Å². The number of nitro benzene ring substituents is 1. The summed E-state index contributed by atoms with van der Waals surface area (Å²) in [5.41, 5.74) is 1.01. The standard InChI is InChI=1S/C18H16ClN3O4/c1-12-17(23)21(15-6-8-16(9-7-15)22(25)26)11-10-20(12)18(24)13-2-4-14(19)5-3-13/h2-9,12H,10-11H2,1H3/t12-/m1/s1. The van der Waals surface area contributed by atoms with E-state index < -0.39 is 11.0 Å². The van der Waals surface area contributed by atoms with Crippen LogP contribution in [0.2, 0.25) is 5.02 Å². The fourth-order valence-corrected chi connectivity index (χ4v) is 3.04. The van der Waals surface area contributed by atoms with Crippen LogP contribution in [0.3, 0.4) is 0 Å². The summed E-state index contributed by atoms with van der Waals surface area (Å²) in [7, 11) is 0. The highest BCUT2D eigenvalue weighted by Crippen LogP contribution is 2.24. The monoisotopic (exact) mass is 373 g/mol. The summed E-state index contributed by atoms with van der Waals surface area (Å²) in [6.45, 7) is 2.36. The fraction of sp³-hybridized carbons (Fsp3) is 0.222. The summed E-state index contributed by atoms with van der Waals surface area (Å²) in [5, 5.41) is 11.3. The van der Waals surface area contributed by atoms with E-state index in [-0.39, 0.29) is 17.5 Å². The molecule has 2 amide bonds. The maximum Gasteiger partial charge on any atom is 0.269 e. The van der Waals surface area contributed by atoms with E-state index >= 15 is 0 Å². The highest BCUT2D eigenvalue weighted by atomic mass is 35.5. The van der Waals surface area contributed by atoms with Crippen LogP contribution in [0, 0.1) is 10.1 Å². The van der Waals surface area contributed by atoms with Crippen molar-refractivity contribution < 1.29 is 14.5 Å². The molecule has 7 nitrogen and oxygen atoms in total. The molecule has 3 rings (SSSR count). The number of nitrogens with zero attached hydrogens (tertiary/aromatic N) is 3. The third-order valence-corrected chi connectivity index (χ3v) is 4.63. The molecular formula is C18H16ClN3O4. The minimum Gasteiger partial charge on any atom is -0.325 e. The Bertz CT molecular complexity index is 852. The molecule has 1 aliphatic rings. The molecule has 0 radical (unpaired) electrons. The van der Waals surface area contributed by atoms with Crippen LogP contribution in [-0.4, -0.2) is 40.8 Å². The Balaban J connectivity index is 1.76. The second kappa shape index (κ2) is 7.13. The molecule has 2 aromatic rings. The van der Waals surface area contributed by atoms with Crippen molar-refractivity contribution in [3.05, 3.63) is 69.2 Å². The average molecular weight is 374 g/mol. The van der Waals surface area contributed by atoms with Gasteiger partial charge in [0.1, 0.15) is 6.04 Å². The predicted octanol–water partition coefficient (Wildman–Crippen LogP) is 3.13. The van der Waals surface area contributed by atoms with Gasteiger partial charge in [0.25, 0.3) is 11.6 Å². The van der Waals surface area contributed by atoms with Crippen LogP contribution in [0.25, 0.3) is 0 Å². The van der Waals surface area contributed by atoms with Crippen LogP contribution < -0.4 is 4.90 Å². The molecule has 0 saturated carbocycles. The van der Waals surface area contributed by atoms with Crippen LogP contribution in [0.4, 0.5) is 11.4 Å². The SMILES string of the molecule is C[C@@H]1C(=O)N(c2ccc([N+](=O)[O-])cc2)CCN1C(=O)c1ccc(Cl)cc1. The van der Waals surface area contributed by atoms with Crippen molar-refractivity contribution >= 4 is 34.8 Å². The van der Waals surface area contributed by atoms with Gasteiger partial charge in [-0.1, -0.05) is 11.6 Å². The van der Waals surface area contributed by atoms with Gasteiger partial charge in [0, 0.05) is 41.5 Å². The van der Waals surface area contributed by atoms with Crippen molar-refractivity contribution in [2.45, 2.75) is 13.0 Å². The van der Waals surface area contributed by atoms with Crippen molar-refractivity contribution in [1.29, 1.82) is 0 Å². The van der Waals surface area contributed by atoms with Gasteiger partial charge in [-0.15, -0.1) is 0 Å². The number of hydrogen-bond acceptors (Lipinski definition) is 4. The number of anilines is 1. The minimum absolute atomic E-state index is 0.0363. The molecule has 0 N–H and O–H groups in total. The van der Waals surface area contributed by atoms with Gasteiger partial charge in [-0.2, -0.15) is 0 Å². The maximum absolute atomic E-state index is 12.7. The molecule has 2 aromatic carbocycles. The Morgan fingerprint density at radius 2 is 1.73 bits per heavy atom. The number of benzene rings is 2. The fourth-order valence-electron chi connectivity index (χ4n) is 2.92. The first-order valence-electron chi connectivity index (χ1n) is 8.01. The number of carbonyl (C=O) groups excluding carboxylic acids is 2. The first-order valence-corrected chi connectivity index (χ1v) is 8.38. The highest BCUT2D eigenvalue weighted by Gasteiger charge is 2.35. The van der Waals surface area contributed by atoms with E-state index in [1.807, 2.05) is 0 Å². The molecule has 0 aliphatic carbocycles. The summed E-state index contributed by atoms with van der Waals surface area (Å²) >= 11 is 5.84. The molecule has 0 aromatic heterocycles. The second-order valence-corrected chi connectivity index (χ2v) is 6.38. The van der Waals surface area contributed by atoms with Crippen molar-refractivity contribution in [3.63, 3.8) is 0 Å². The first-order chi connectivity index (χ1) is 12.4. The van der Waals surface area contributed by atoms with Crippen molar-refractivity contribution in [2.75, 3.05) is 18.0 Å². The summed E-state index contributed by atoms with van der Waals surface area (Å²) in [6, 6.07) is 11.7. The molecule has 1 saturated heterocycles. The second-order valence-electron chi connectivity index (χ2n) is 5.94. The van der Waals surface area contributed by atoms with Crippen LogP contribution >= 0.6 is 11.6 Å². The summed E-state index contributed by atoms with van der Waals surface area (Å²) in [4.78, 5) is 38.7. The number of nitro groups is 1. The number of carbonyl (C=O) groups is 2. The van der Waals surface area contributed by atoms with Gasteiger partial charge in [-0.25, -0.2) is 0 Å². The van der Waals surface area contributed by atoms with E-state index in [0.29, 0.717) is 29.4 Å². The number of amides is 2. The largest absolute Gasteiger partial charge is 0.325 e. The van der Waals surface area contributed by atoms with Gasteiger partial charge in [0.05, 0.1) is 4.92 Å². The Kier molecular flexibility index (Phi) is 4.90. The van der Waals surface area contributed by atoms with E-state index in [0.717, 1.165) is 0 Å². The molecular weight excluding hydrogens is 358 g/mol. The number of halogens is 1. The normalized spacial score (nSPS) is 17.3. The third kappa shape index (κ3) is 3.39. The molecule has 0 spiro atoms. The zero-order valence-corrected chi connectivity index (χ0v) is 14.7. The number of hydrogen-bond donors (Lipinski definition) is 0. The molecule has 134 valence electrons. The van der Waals surface area contributed by atoms with Crippen molar-refractivity contribution in [3.8, 4) is 0 Å². The van der Waals surface area contributed by atoms with E-state index in [2.05, 4.69) is 0 Å². The topological polar surface area (TPSA) is 83.8 Å². The predicted molar refractivity (Wildman–Crippen MR) is 97.4 cm³/mol. The lowest BCUT2D eigenvalue weighted by Gasteiger charge is -2.39. The number of piperazine rings is 1. The zero-order chi connectivity index (χ0) is 18.8. The molecule has 0 unspecified atom stereocenters. The molecule has 1 fully saturated rings. The van der Waals surface area contributed by atoms with E-state index in [1.165, 1.54) is 17.0 Å². The number of rotatable bonds is 3. The summed E-state index contributed by atoms with van der Waals surface area (Å²) in [5.74, 6) is -0.460. The zero-order valence-electron chi connectivity index (χ0n) is 14.0. The Morgan fingerprint density at radius 3 is 2.31 bits per heavy atom. The molecule has 1 heterocycles. The van der Waals surface area contributed by atoms with Gasteiger partial charge in [-0.05, 0) is 43.3 Å². The van der Waals surface area contributed by atoms with E-state index in [9.17, 15) is 19.7 Å². The van der Waals surface area contributed by atoms with Crippen LogP contribution in [-0.2, 0) is 4.79 Å². The van der Waals surface area contributed by atoms with E-state index in [4.69, 9.17) is 11.6 Å². The van der Waals surface area contributed by atoms with Gasteiger partial charge in [0.2, 0.25) is 5.91 Å². The van der Waals surface area contributed by atoms with Crippen LogP contribution in [0.1, 0.15) is 17.3 Å².